The second-order valence-corrected chi connectivity index (χ2v) is 7.25. The molecule has 0 unspecified atom stereocenters. The molecule has 0 aliphatic carbocycles. The Kier molecular flexibility index (Phi) is 5.39. The minimum absolute atomic E-state index is 0.0828. The first-order valence-electron chi connectivity index (χ1n) is 8.79. The van der Waals surface area contributed by atoms with Gasteiger partial charge in [0.1, 0.15) is 22.6 Å². The second-order valence-electron chi connectivity index (χ2n) is 6.29. The maximum atomic E-state index is 10.8. The van der Waals surface area contributed by atoms with Gasteiger partial charge in [0.25, 0.3) is 5.69 Å². The lowest BCUT2D eigenvalue weighted by atomic mass is 10.2. The quantitative estimate of drug-likeness (QED) is 0.197. The van der Waals surface area contributed by atoms with Gasteiger partial charge in [-0.15, -0.1) is 0 Å². The van der Waals surface area contributed by atoms with Crippen LogP contribution in [0, 0.1) is 10.1 Å². The number of hydrogen-bond donors (Lipinski definition) is 0. The number of fused-ring (bicyclic) bond motifs is 1. The van der Waals surface area contributed by atoms with Gasteiger partial charge >= 0.3 is 0 Å². The van der Waals surface area contributed by atoms with Gasteiger partial charge < -0.3 is 9.30 Å². The van der Waals surface area contributed by atoms with Crippen molar-refractivity contribution < 1.29 is 9.66 Å². The van der Waals surface area contributed by atoms with Crippen LogP contribution in [0.2, 0.25) is 0 Å². The van der Waals surface area contributed by atoms with E-state index in [0.29, 0.717) is 12.3 Å². The summed E-state index contributed by atoms with van der Waals surface area (Å²) < 4.78 is 7.26. The molecule has 29 heavy (non-hydrogen) atoms. The van der Waals surface area contributed by atoms with Gasteiger partial charge in [-0.2, -0.15) is 0 Å². The number of nitro benzene ring substituents is 1. The minimum atomic E-state index is -0.403. The number of imidazole rings is 1. The van der Waals surface area contributed by atoms with Crippen molar-refractivity contribution in [3.63, 3.8) is 0 Å². The van der Waals surface area contributed by atoms with E-state index in [2.05, 4.69) is 15.0 Å². The number of ether oxygens (including phenoxy) is 1. The molecule has 0 bridgehead atoms. The molecular weight excluding hydrogens is 390 g/mol. The third-order valence-electron chi connectivity index (χ3n) is 4.38. The number of nitrogens with zero attached hydrogens (tertiary/aromatic N) is 5. The number of benzene rings is 2. The van der Waals surface area contributed by atoms with Crippen molar-refractivity contribution in [1.29, 1.82) is 0 Å². The second kappa shape index (κ2) is 8.27. The van der Waals surface area contributed by atoms with Crippen LogP contribution in [-0.4, -0.2) is 31.6 Å². The summed E-state index contributed by atoms with van der Waals surface area (Å²) in [6, 6.07) is 14.4. The average molecular weight is 407 g/mol. The van der Waals surface area contributed by atoms with Crippen LogP contribution >= 0.6 is 11.8 Å². The molecule has 0 amide bonds. The Morgan fingerprint density at radius 1 is 1.10 bits per heavy atom. The van der Waals surface area contributed by atoms with Crippen molar-refractivity contribution in [2.45, 2.75) is 17.3 Å². The Morgan fingerprint density at radius 2 is 1.93 bits per heavy atom. The lowest BCUT2D eigenvalue weighted by molar-refractivity contribution is -0.384. The van der Waals surface area contributed by atoms with E-state index in [0.717, 1.165) is 33.1 Å². The summed E-state index contributed by atoms with van der Waals surface area (Å²) in [5.41, 5.74) is 3.64. The molecule has 2 aromatic heterocycles. The number of rotatable bonds is 7. The number of methoxy groups -OCH3 is 1. The maximum absolute atomic E-state index is 10.8. The summed E-state index contributed by atoms with van der Waals surface area (Å²) >= 11 is 1.53. The van der Waals surface area contributed by atoms with Gasteiger partial charge in [-0.3, -0.25) is 10.1 Å². The number of hydrogen-bond acceptors (Lipinski definition) is 7. The zero-order valence-corrected chi connectivity index (χ0v) is 16.4. The molecule has 0 spiro atoms. The zero-order chi connectivity index (χ0) is 20.2. The Labute approximate surface area is 170 Å². The highest BCUT2D eigenvalue weighted by molar-refractivity contribution is 7.98. The maximum Gasteiger partial charge on any atom is 0.269 e. The average Bonchev–Trinajstić information content (AvgIpc) is 3.16. The van der Waals surface area contributed by atoms with Crippen LogP contribution in [0.25, 0.3) is 11.2 Å². The summed E-state index contributed by atoms with van der Waals surface area (Å²) in [7, 11) is 1.65. The van der Waals surface area contributed by atoms with Gasteiger partial charge in [0.15, 0.2) is 5.65 Å². The van der Waals surface area contributed by atoms with Gasteiger partial charge in [0, 0.05) is 17.9 Å². The van der Waals surface area contributed by atoms with Crippen molar-refractivity contribution in [3.8, 4) is 5.75 Å². The van der Waals surface area contributed by atoms with Crippen molar-refractivity contribution in [2.24, 2.45) is 0 Å². The predicted molar refractivity (Wildman–Crippen MR) is 110 cm³/mol. The standard InChI is InChI=1S/C20H17N5O3S/c1-28-17-4-2-3-15(9-17)10-24-13-23-18-19(24)21-12-22-20(18)29-11-14-5-7-16(8-6-14)25(26)27/h2-9,12-13H,10-11H2,1H3. The van der Waals surface area contributed by atoms with E-state index in [4.69, 9.17) is 4.74 Å². The topological polar surface area (TPSA) is 96.0 Å². The molecule has 2 aromatic carbocycles. The normalized spacial score (nSPS) is 10.9. The molecule has 0 fully saturated rings. The molecular formula is C20H17N5O3S. The monoisotopic (exact) mass is 407 g/mol. The van der Waals surface area contributed by atoms with Gasteiger partial charge in [0.2, 0.25) is 0 Å². The fraction of sp³-hybridized carbons (Fsp3) is 0.150. The molecule has 2 heterocycles. The number of nitro groups is 1. The summed E-state index contributed by atoms with van der Waals surface area (Å²) in [5.74, 6) is 1.44. The van der Waals surface area contributed by atoms with Crippen LogP contribution in [0.5, 0.6) is 5.75 Å². The molecule has 4 rings (SSSR count). The van der Waals surface area contributed by atoms with Crippen LogP contribution < -0.4 is 4.74 Å². The Bertz CT molecular complexity index is 1160. The van der Waals surface area contributed by atoms with Crippen molar-refractivity contribution in [1.82, 2.24) is 19.5 Å². The zero-order valence-electron chi connectivity index (χ0n) is 15.6. The number of thioether (sulfide) groups is 1. The van der Waals surface area contributed by atoms with Crippen molar-refractivity contribution >= 4 is 28.6 Å². The molecule has 0 aliphatic heterocycles. The summed E-state index contributed by atoms with van der Waals surface area (Å²) in [6.07, 6.45) is 3.29. The lowest BCUT2D eigenvalue weighted by Gasteiger charge is -2.06. The van der Waals surface area contributed by atoms with E-state index in [-0.39, 0.29) is 5.69 Å². The van der Waals surface area contributed by atoms with Crippen LogP contribution in [0.4, 0.5) is 5.69 Å². The fourth-order valence-corrected chi connectivity index (χ4v) is 3.81. The molecule has 4 aromatic rings. The highest BCUT2D eigenvalue weighted by Gasteiger charge is 2.12. The molecule has 146 valence electrons. The van der Waals surface area contributed by atoms with E-state index < -0.39 is 4.92 Å². The molecule has 0 N–H and O–H groups in total. The fourth-order valence-electron chi connectivity index (χ4n) is 2.91. The summed E-state index contributed by atoms with van der Waals surface area (Å²) in [4.78, 5) is 23.6. The van der Waals surface area contributed by atoms with Gasteiger partial charge in [0.05, 0.1) is 24.9 Å². The molecule has 0 atom stereocenters. The first-order chi connectivity index (χ1) is 14.1. The van der Waals surface area contributed by atoms with Crippen molar-refractivity contribution in [3.05, 3.63) is 82.4 Å². The van der Waals surface area contributed by atoms with Crippen LogP contribution in [0.1, 0.15) is 11.1 Å². The predicted octanol–water partition coefficient (Wildman–Crippen LogP) is 4.08. The molecule has 0 aliphatic rings. The minimum Gasteiger partial charge on any atom is -0.497 e. The highest BCUT2D eigenvalue weighted by Crippen LogP contribution is 2.27. The Hall–Kier alpha value is -3.46. The van der Waals surface area contributed by atoms with E-state index in [1.165, 1.54) is 30.2 Å². The first kappa shape index (κ1) is 18.9. The number of non-ortho nitro benzene ring substituents is 1. The van der Waals surface area contributed by atoms with Gasteiger partial charge in [-0.25, -0.2) is 15.0 Å². The van der Waals surface area contributed by atoms with Crippen molar-refractivity contribution in [2.75, 3.05) is 7.11 Å². The highest BCUT2D eigenvalue weighted by atomic mass is 32.2. The van der Waals surface area contributed by atoms with Gasteiger partial charge in [-0.1, -0.05) is 36.0 Å². The molecule has 9 heteroatoms. The van der Waals surface area contributed by atoms with E-state index >= 15 is 0 Å². The molecule has 8 nitrogen and oxygen atoms in total. The van der Waals surface area contributed by atoms with Crippen LogP contribution in [-0.2, 0) is 12.3 Å². The Balaban J connectivity index is 1.53. The molecule has 0 saturated heterocycles. The summed E-state index contributed by atoms with van der Waals surface area (Å²) in [5, 5.41) is 11.5. The lowest BCUT2D eigenvalue weighted by Crippen LogP contribution is -2.00. The molecule has 0 radical (unpaired) electrons. The van der Waals surface area contributed by atoms with Crippen LogP contribution in [0.3, 0.4) is 0 Å². The largest absolute Gasteiger partial charge is 0.497 e. The third kappa shape index (κ3) is 4.19. The van der Waals surface area contributed by atoms with E-state index in [1.54, 1.807) is 25.6 Å². The SMILES string of the molecule is COc1cccc(Cn2cnc3c(SCc4ccc([N+](=O)[O-])cc4)ncnc32)c1. The van der Waals surface area contributed by atoms with Gasteiger partial charge in [-0.05, 0) is 23.3 Å². The Morgan fingerprint density at radius 3 is 2.69 bits per heavy atom. The van der Waals surface area contributed by atoms with E-state index in [1.807, 2.05) is 28.8 Å². The first-order valence-corrected chi connectivity index (χ1v) is 9.77. The smallest absolute Gasteiger partial charge is 0.269 e. The number of aromatic nitrogens is 4. The van der Waals surface area contributed by atoms with Crippen LogP contribution in [0.15, 0.2) is 66.2 Å². The molecule has 0 saturated carbocycles. The summed E-state index contributed by atoms with van der Waals surface area (Å²) in [6.45, 7) is 0.622. The van der Waals surface area contributed by atoms with E-state index in [9.17, 15) is 10.1 Å². The third-order valence-corrected chi connectivity index (χ3v) is 5.43.